The summed E-state index contributed by atoms with van der Waals surface area (Å²) in [6.07, 6.45) is 0.361. The maximum absolute atomic E-state index is 13.4. The third-order valence-electron chi connectivity index (χ3n) is 5.54. The molecule has 2 aliphatic heterocycles. The lowest BCUT2D eigenvalue weighted by Gasteiger charge is -2.46. The molecule has 4 rings (SSSR count). The van der Waals surface area contributed by atoms with Crippen molar-refractivity contribution in [2.24, 2.45) is 0 Å². The molecule has 0 radical (unpaired) electrons. The first-order valence-electron chi connectivity index (χ1n) is 9.25. The van der Waals surface area contributed by atoms with Crippen molar-refractivity contribution in [2.75, 3.05) is 0 Å². The van der Waals surface area contributed by atoms with E-state index in [1.165, 1.54) is 0 Å². The van der Waals surface area contributed by atoms with Crippen molar-refractivity contribution >= 4 is 27.3 Å². The molecule has 2 aromatic carbocycles. The summed E-state index contributed by atoms with van der Waals surface area (Å²) in [6, 6.07) is 11.9. The number of piperidine rings is 1. The van der Waals surface area contributed by atoms with Gasteiger partial charge in [-0.05, 0) is 48.7 Å². The van der Waals surface area contributed by atoms with Gasteiger partial charge in [0.1, 0.15) is 5.75 Å². The summed E-state index contributed by atoms with van der Waals surface area (Å²) in [7, 11) is -3.90. The molecule has 1 saturated heterocycles. The van der Waals surface area contributed by atoms with E-state index in [0.29, 0.717) is 28.7 Å². The fourth-order valence-corrected chi connectivity index (χ4v) is 6.13. The molecule has 2 heterocycles. The molecule has 5 nitrogen and oxygen atoms in total. The Morgan fingerprint density at radius 2 is 1.86 bits per heavy atom. The highest BCUT2D eigenvalue weighted by Gasteiger charge is 2.54. The normalized spacial score (nSPS) is 26.4. The van der Waals surface area contributed by atoms with Crippen LogP contribution in [-0.4, -0.2) is 25.3 Å². The lowest BCUT2D eigenvalue weighted by Crippen LogP contribution is -2.63. The molecule has 1 fully saturated rings. The first kappa shape index (κ1) is 19.3. The number of sulfone groups is 1. The van der Waals surface area contributed by atoms with Crippen LogP contribution in [-0.2, 0) is 14.6 Å². The molecule has 2 bridgehead atoms. The lowest BCUT2D eigenvalue weighted by molar-refractivity contribution is -0.132. The predicted octanol–water partition coefficient (Wildman–Crippen LogP) is 4.02. The molecule has 28 heavy (non-hydrogen) atoms. The molecule has 0 aromatic heterocycles. The van der Waals surface area contributed by atoms with Gasteiger partial charge in [0.2, 0.25) is 5.91 Å². The topological polar surface area (TPSA) is 72.5 Å². The van der Waals surface area contributed by atoms with E-state index in [2.05, 4.69) is 5.32 Å². The minimum Gasteiger partial charge on any atom is -0.468 e. The highest BCUT2D eigenvalue weighted by molar-refractivity contribution is 7.92. The average molecular weight is 420 g/mol. The SMILES string of the molecule is CC(C)c1ccc(S(=O)(=O)[C@@H]2C(=O)N[C@@]3(C)C[C@H]2c2cc(Cl)ccc2O3)cc1. The summed E-state index contributed by atoms with van der Waals surface area (Å²) in [4.78, 5) is 13.0. The van der Waals surface area contributed by atoms with Crippen molar-refractivity contribution in [3.05, 3.63) is 58.6 Å². The summed E-state index contributed by atoms with van der Waals surface area (Å²) < 4.78 is 32.8. The van der Waals surface area contributed by atoms with E-state index in [4.69, 9.17) is 16.3 Å². The Morgan fingerprint density at radius 1 is 1.18 bits per heavy atom. The molecule has 1 amide bonds. The van der Waals surface area contributed by atoms with Gasteiger partial charge in [0.25, 0.3) is 0 Å². The monoisotopic (exact) mass is 419 g/mol. The van der Waals surface area contributed by atoms with Crippen molar-refractivity contribution < 1.29 is 17.9 Å². The van der Waals surface area contributed by atoms with Crippen LogP contribution >= 0.6 is 11.6 Å². The van der Waals surface area contributed by atoms with Gasteiger partial charge in [0.15, 0.2) is 20.8 Å². The molecule has 0 aliphatic carbocycles. The Labute approximate surface area is 170 Å². The molecule has 2 aromatic rings. The van der Waals surface area contributed by atoms with Crippen molar-refractivity contribution in [3.63, 3.8) is 0 Å². The molecule has 0 unspecified atom stereocenters. The number of halogens is 1. The van der Waals surface area contributed by atoms with Gasteiger partial charge in [-0.25, -0.2) is 8.42 Å². The number of hydrogen-bond acceptors (Lipinski definition) is 4. The van der Waals surface area contributed by atoms with Crippen LogP contribution in [0.2, 0.25) is 5.02 Å². The Bertz CT molecular complexity index is 1050. The van der Waals surface area contributed by atoms with Crippen LogP contribution in [0.4, 0.5) is 0 Å². The third kappa shape index (κ3) is 3.08. The number of amides is 1. The average Bonchev–Trinajstić information content (AvgIpc) is 2.61. The summed E-state index contributed by atoms with van der Waals surface area (Å²) >= 11 is 6.14. The standard InChI is InChI=1S/C21H22ClNO4S/c1-12(2)13-4-7-15(8-5-13)28(25,26)19-17-11-21(3,23-20(19)24)27-18-9-6-14(22)10-16(17)18/h4-10,12,17,19H,11H2,1-3H3,(H,23,24)/t17-,19-,21+/m0/s1. The van der Waals surface area contributed by atoms with Crippen molar-refractivity contribution in [3.8, 4) is 5.75 Å². The van der Waals surface area contributed by atoms with Gasteiger partial charge in [-0.3, -0.25) is 4.79 Å². The third-order valence-corrected chi connectivity index (χ3v) is 7.91. The predicted molar refractivity (Wildman–Crippen MR) is 107 cm³/mol. The summed E-state index contributed by atoms with van der Waals surface area (Å²) in [5.74, 6) is -0.230. The van der Waals surface area contributed by atoms with Crippen LogP contribution in [0.25, 0.3) is 0 Å². The van der Waals surface area contributed by atoms with Crippen LogP contribution in [0, 0.1) is 0 Å². The minimum atomic E-state index is -3.90. The molecule has 0 saturated carbocycles. The van der Waals surface area contributed by atoms with Gasteiger partial charge in [0.05, 0.1) is 4.90 Å². The highest BCUT2D eigenvalue weighted by atomic mass is 35.5. The van der Waals surface area contributed by atoms with Crippen LogP contribution in [0.1, 0.15) is 50.2 Å². The van der Waals surface area contributed by atoms with Crippen LogP contribution in [0.15, 0.2) is 47.4 Å². The Kier molecular flexibility index (Phi) is 4.47. The number of ether oxygens (including phenoxy) is 1. The maximum Gasteiger partial charge on any atom is 0.242 e. The molecule has 2 aliphatic rings. The van der Waals surface area contributed by atoms with E-state index in [9.17, 15) is 13.2 Å². The van der Waals surface area contributed by atoms with E-state index in [1.807, 2.05) is 13.8 Å². The smallest absolute Gasteiger partial charge is 0.242 e. The fourth-order valence-electron chi connectivity index (χ4n) is 4.12. The Balaban J connectivity index is 1.81. The second-order valence-corrected chi connectivity index (χ2v) is 10.5. The molecular weight excluding hydrogens is 398 g/mol. The zero-order valence-electron chi connectivity index (χ0n) is 15.9. The quantitative estimate of drug-likeness (QED) is 0.815. The number of nitrogens with one attached hydrogen (secondary N) is 1. The van der Waals surface area contributed by atoms with Crippen LogP contribution in [0.3, 0.4) is 0 Å². The fraction of sp³-hybridized carbons (Fsp3) is 0.381. The van der Waals surface area contributed by atoms with Gasteiger partial charge >= 0.3 is 0 Å². The summed E-state index contributed by atoms with van der Waals surface area (Å²) in [5, 5.41) is 2.01. The Morgan fingerprint density at radius 3 is 2.50 bits per heavy atom. The first-order valence-corrected chi connectivity index (χ1v) is 11.2. The number of rotatable bonds is 3. The lowest BCUT2D eigenvalue weighted by atomic mass is 9.81. The number of benzene rings is 2. The van der Waals surface area contributed by atoms with Crippen molar-refractivity contribution in [1.29, 1.82) is 0 Å². The van der Waals surface area contributed by atoms with Crippen LogP contribution < -0.4 is 10.1 Å². The van der Waals surface area contributed by atoms with Gasteiger partial charge in [-0.1, -0.05) is 37.6 Å². The number of hydrogen-bond donors (Lipinski definition) is 1. The number of carbonyl (C=O) groups excluding carboxylic acids is 1. The minimum absolute atomic E-state index is 0.149. The summed E-state index contributed by atoms with van der Waals surface area (Å²) in [5.41, 5.74) is 0.769. The molecule has 7 heteroatoms. The van der Waals surface area contributed by atoms with Crippen molar-refractivity contribution in [1.82, 2.24) is 5.32 Å². The zero-order valence-corrected chi connectivity index (χ0v) is 17.5. The second kappa shape index (κ2) is 6.49. The van der Waals surface area contributed by atoms with E-state index >= 15 is 0 Å². The number of fused-ring (bicyclic) bond motifs is 4. The van der Waals surface area contributed by atoms with Gasteiger partial charge in [-0.2, -0.15) is 0 Å². The largest absolute Gasteiger partial charge is 0.468 e. The van der Waals surface area contributed by atoms with E-state index < -0.39 is 32.6 Å². The van der Waals surface area contributed by atoms with Crippen LogP contribution in [0.5, 0.6) is 5.75 Å². The highest BCUT2D eigenvalue weighted by Crippen LogP contribution is 2.47. The summed E-state index contributed by atoms with van der Waals surface area (Å²) in [6.45, 7) is 5.85. The molecule has 0 spiro atoms. The molecule has 148 valence electrons. The van der Waals surface area contributed by atoms with E-state index in [0.717, 1.165) is 5.56 Å². The first-order chi connectivity index (χ1) is 13.1. The molecule has 3 atom stereocenters. The van der Waals surface area contributed by atoms with E-state index in [-0.39, 0.29) is 4.90 Å². The van der Waals surface area contributed by atoms with Gasteiger partial charge in [0, 0.05) is 22.9 Å². The second-order valence-electron chi connectivity index (χ2n) is 8.00. The Hall–Kier alpha value is -2.05. The molecule has 1 N–H and O–H groups in total. The zero-order chi connectivity index (χ0) is 20.3. The van der Waals surface area contributed by atoms with Gasteiger partial charge in [-0.15, -0.1) is 0 Å². The number of carbonyl (C=O) groups is 1. The molecular formula is C21H22ClNO4S. The van der Waals surface area contributed by atoms with E-state index in [1.54, 1.807) is 49.4 Å². The van der Waals surface area contributed by atoms with Gasteiger partial charge < -0.3 is 10.1 Å². The maximum atomic E-state index is 13.4. The van der Waals surface area contributed by atoms with Crippen molar-refractivity contribution in [2.45, 2.75) is 54.9 Å².